The number of carbonyl (C=O) groups is 1. The minimum Gasteiger partial charge on any atom is -0.389 e. The van der Waals surface area contributed by atoms with Crippen molar-refractivity contribution >= 4 is 32.3 Å². The molecule has 1 fully saturated rings. The highest BCUT2D eigenvalue weighted by molar-refractivity contribution is 7.90. The summed E-state index contributed by atoms with van der Waals surface area (Å²) in [6.45, 7) is 3.03. The van der Waals surface area contributed by atoms with Crippen molar-refractivity contribution < 1.29 is 18.3 Å². The van der Waals surface area contributed by atoms with Crippen LogP contribution in [0.4, 0.5) is 5.00 Å². The number of thiophene rings is 1. The number of sulfonamides is 1. The fourth-order valence-electron chi connectivity index (χ4n) is 2.81. The van der Waals surface area contributed by atoms with Crippen molar-refractivity contribution in [1.29, 1.82) is 0 Å². The quantitative estimate of drug-likeness (QED) is 0.712. The SMILES string of the molecule is CC(C)(O)CNS(=O)(=O)c1c(NC(=O)C2CC2)sc2c1CCCC2. The molecule has 0 spiro atoms. The highest BCUT2D eigenvalue weighted by Gasteiger charge is 2.34. The average Bonchev–Trinajstić information content (AvgIpc) is 3.26. The van der Waals surface area contributed by atoms with Gasteiger partial charge in [0.1, 0.15) is 9.90 Å². The second-order valence-corrected chi connectivity index (χ2v) is 10.1. The van der Waals surface area contributed by atoms with Gasteiger partial charge in [-0.05, 0) is 57.9 Å². The van der Waals surface area contributed by atoms with Crippen LogP contribution in [0.5, 0.6) is 0 Å². The molecule has 3 rings (SSSR count). The van der Waals surface area contributed by atoms with E-state index in [1.54, 1.807) is 13.8 Å². The molecule has 0 saturated heterocycles. The molecule has 6 nitrogen and oxygen atoms in total. The van der Waals surface area contributed by atoms with Crippen molar-refractivity contribution in [1.82, 2.24) is 4.72 Å². The number of aliphatic hydroxyl groups is 1. The van der Waals surface area contributed by atoms with E-state index in [2.05, 4.69) is 10.0 Å². The summed E-state index contributed by atoms with van der Waals surface area (Å²) in [4.78, 5) is 13.4. The van der Waals surface area contributed by atoms with Crippen LogP contribution in [-0.2, 0) is 27.7 Å². The van der Waals surface area contributed by atoms with Gasteiger partial charge in [0.15, 0.2) is 0 Å². The molecule has 8 heteroatoms. The molecule has 0 aliphatic heterocycles. The Morgan fingerprint density at radius 2 is 1.96 bits per heavy atom. The van der Waals surface area contributed by atoms with Crippen LogP contribution in [0.25, 0.3) is 0 Å². The van der Waals surface area contributed by atoms with E-state index in [9.17, 15) is 18.3 Å². The Hall–Kier alpha value is -0.960. The first-order chi connectivity index (χ1) is 11.2. The van der Waals surface area contributed by atoms with Gasteiger partial charge in [-0.15, -0.1) is 11.3 Å². The Morgan fingerprint density at radius 3 is 2.58 bits per heavy atom. The molecule has 134 valence electrons. The summed E-state index contributed by atoms with van der Waals surface area (Å²) < 4.78 is 28.2. The summed E-state index contributed by atoms with van der Waals surface area (Å²) in [7, 11) is -3.79. The highest BCUT2D eigenvalue weighted by Crippen LogP contribution is 2.42. The third kappa shape index (κ3) is 3.99. The van der Waals surface area contributed by atoms with Crippen LogP contribution in [0.15, 0.2) is 4.90 Å². The minimum atomic E-state index is -3.79. The molecule has 0 unspecified atom stereocenters. The van der Waals surface area contributed by atoms with Crippen LogP contribution >= 0.6 is 11.3 Å². The van der Waals surface area contributed by atoms with E-state index in [4.69, 9.17) is 0 Å². The molecule has 0 atom stereocenters. The number of rotatable bonds is 6. The Balaban J connectivity index is 1.94. The summed E-state index contributed by atoms with van der Waals surface area (Å²) in [6.07, 6.45) is 5.30. The average molecular weight is 373 g/mol. The lowest BCUT2D eigenvalue weighted by molar-refractivity contribution is -0.117. The summed E-state index contributed by atoms with van der Waals surface area (Å²) in [5.41, 5.74) is -0.304. The Labute approximate surface area is 146 Å². The van der Waals surface area contributed by atoms with Crippen molar-refractivity contribution in [3.05, 3.63) is 10.4 Å². The molecular weight excluding hydrogens is 348 g/mol. The van der Waals surface area contributed by atoms with Gasteiger partial charge in [-0.2, -0.15) is 0 Å². The van der Waals surface area contributed by atoms with Crippen molar-refractivity contribution in [2.45, 2.75) is 62.9 Å². The van der Waals surface area contributed by atoms with Crippen molar-refractivity contribution in [3.63, 3.8) is 0 Å². The van der Waals surface area contributed by atoms with E-state index in [1.807, 2.05) is 0 Å². The molecule has 1 amide bonds. The number of hydrogen-bond donors (Lipinski definition) is 3. The zero-order valence-electron chi connectivity index (χ0n) is 14.0. The second-order valence-electron chi connectivity index (χ2n) is 7.27. The van der Waals surface area contributed by atoms with Gasteiger partial charge < -0.3 is 10.4 Å². The van der Waals surface area contributed by atoms with E-state index < -0.39 is 15.6 Å². The first kappa shape index (κ1) is 17.8. The normalized spacial score (nSPS) is 18.3. The summed E-state index contributed by atoms with van der Waals surface area (Å²) in [5.74, 6) is -0.0726. The van der Waals surface area contributed by atoms with Crippen molar-refractivity contribution in [3.8, 4) is 0 Å². The standard InChI is InChI=1S/C16H24N2O4S2/c1-16(2,20)9-17-24(21,22)13-11-5-3-4-6-12(11)23-15(13)18-14(19)10-7-8-10/h10,17,20H,3-9H2,1-2H3,(H,18,19). The molecular formula is C16H24N2O4S2. The van der Waals surface area contributed by atoms with Gasteiger partial charge >= 0.3 is 0 Å². The Bertz CT molecular complexity index is 743. The largest absolute Gasteiger partial charge is 0.389 e. The minimum absolute atomic E-state index is 0.0176. The number of carbonyl (C=O) groups excluding carboxylic acids is 1. The number of nitrogens with one attached hydrogen (secondary N) is 2. The molecule has 1 aromatic rings. The zero-order chi connectivity index (χ0) is 17.5. The highest BCUT2D eigenvalue weighted by atomic mass is 32.2. The van der Waals surface area contributed by atoms with Gasteiger partial charge in [0, 0.05) is 17.3 Å². The number of anilines is 1. The molecule has 0 bridgehead atoms. The number of aryl methyl sites for hydroxylation is 1. The van der Waals surface area contributed by atoms with E-state index in [-0.39, 0.29) is 23.3 Å². The van der Waals surface area contributed by atoms with Gasteiger partial charge in [-0.25, -0.2) is 13.1 Å². The maximum atomic E-state index is 12.8. The third-order valence-electron chi connectivity index (χ3n) is 4.27. The first-order valence-corrected chi connectivity index (χ1v) is 10.6. The van der Waals surface area contributed by atoms with E-state index >= 15 is 0 Å². The molecule has 2 aliphatic carbocycles. The predicted molar refractivity (Wildman–Crippen MR) is 93.8 cm³/mol. The lowest BCUT2D eigenvalue weighted by Gasteiger charge is -2.19. The van der Waals surface area contributed by atoms with Crippen LogP contribution in [0.2, 0.25) is 0 Å². The molecule has 3 N–H and O–H groups in total. The van der Waals surface area contributed by atoms with Gasteiger partial charge in [-0.3, -0.25) is 4.79 Å². The smallest absolute Gasteiger partial charge is 0.243 e. The lowest BCUT2D eigenvalue weighted by atomic mass is 9.99. The fourth-order valence-corrected chi connectivity index (χ4v) is 6.05. The summed E-state index contributed by atoms with van der Waals surface area (Å²) in [6, 6.07) is 0. The molecule has 1 saturated carbocycles. The Kier molecular flexibility index (Phi) is 4.76. The van der Waals surface area contributed by atoms with E-state index in [1.165, 1.54) is 11.3 Å². The van der Waals surface area contributed by atoms with E-state index in [0.29, 0.717) is 11.4 Å². The van der Waals surface area contributed by atoms with Crippen LogP contribution in [0.1, 0.15) is 50.0 Å². The third-order valence-corrected chi connectivity index (χ3v) is 7.12. The molecule has 2 aliphatic rings. The Morgan fingerprint density at radius 1 is 1.29 bits per heavy atom. The molecule has 1 heterocycles. The van der Waals surface area contributed by atoms with Crippen molar-refractivity contribution in [2.24, 2.45) is 5.92 Å². The molecule has 0 aromatic carbocycles. The fraction of sp³-hybridized carbons (Fsp3) is 0.688. The lowest BCUT2D eigenvalue weighted by Crippen LogP contribution is -2.38. The predicted octanol–water partition coefficient (Wildman–Crippen LogP) is 2.02. The maximum absolute atomic E-state index is 12.8. The van der Waals surface area contributed by atoms with Gasteiger partial charge in [0.2, 0.25) is 15.9 Å². The molecule has 1 aromatic heterocycles. The van der Waals surface area contributed by atoms with E-state index in [0.717, 1.165) is 42.5 Å². The molecule has 24 heavy (non-hydrogen) atoms. The number of amides is 1. The molecule has 0 radical (unpaired) electrons. The van der Waals surface area contributed by atoms with Crippen LogP contribution < -0.4 is 10.0 Å². The number of fused-ring (bicyclic) bond motifs is 1. The monoisotopic (exact) mass is 372 g/mol. The van der Waals surface area contributed by atoms with Crippen LogP contribution in [0.3, 0.4) is 0 Å². The number of hydrogen-bond acceptors (Lipinski definition) is 5. The second kappa shape index (κ2) is 6.40. The first-order valence-electron chi connectivity index (χ1n) is 8.35. The van der Waals surface area contributed by atoms with Gasteiger partial charge in [-0.1, -0.05) is 0 Å². The summed E-state index contributed by atoms with van der Waals surface area (Å²) in [5, 5.41) is 13.1. The maximum Gasteiger partial charge on any atom is 0.243 e. The van der Waals surface area contributed by atoms with Crippen LogP contribution in [0, 0.1) is 5.92 Å². The van der Waals surface area contributed by atoms with Crippen LogP contribution in [-0.4, -0.2) is 31.6 Å². The zero-order valence-corrected chi connectivity index (χ0v) is 15.6. The summed E-state index contributed by atoms with van der Waals surface area (Å²) >= 11 is 1.38. The topological polar surface area (TPSA) is 95.5 Å². The van der Waals surface area contributed by atoms with Gasteiger partial charge in [0.05, 0.1) is 5.60 Å². The van der Waals surface area contributed by atoms with Crippen molar-refractivity contribution in [2.75, 3.05) is 11.9 Å². The van der Waals surface area contributed by atoms with Gasteiger partial charge in [0.25, 0.3) is 0 Å².